The Morgan fingerprint density at radius 1 is 1.09 bits per heavy atom. The van der Waals surface area contributed by atoms with Gasteiger partial charge in [0.15, 0.2) is 0 Å². The lowest BCUT2D eigenvalue weighted by atomic mass is 9.99. The van der Waals surface area contributed by atoms with E-state index in [1.807, 2.05) is 17.0 Å². The maximum atomic E-state index is 12.5. The van der Waals surface area contributed by atoms with Gasteiger partial charge in [-0.15, -0.1) is 0 Å². The van der Waals surface area contributed by atoms with E-state index in [0.29, 0.717) is 12.0 Å². The van der Waals surface area contributed by atoms with Crippen LogP contribution in [0.15, 0.2) is 18.3 Å². The number of aromatic nitrogens is 1. The number of hydrogen-bond donors (Lipinski definition) is 0. The first-order chi connectivity index (χ1) is 10.6. The van der Waals surface area contributed by atoms with Gasteiger partial charge in [-0.25, -0.2) is 4.98 Å². The summed E-state index contributed by atoms with van der Waals surface area (Å²) in [5.74, 6) is 2.58. The van der Waals surface area contributed by atoms with Crippen molar-refractivity contribution in [3.8, 4) is 0 Å². The summed E-state index contributed by atoms with van der Waals surface area (Å²) in [5, 5.41) is 0. The summed E-state index contributed by atoms with van der Waals surface area (Å²) in [6.07, 6.45) is 5.20. The molecule has 0 spiro atoms. The molecule has 0 bridgehead atoms. The second-order valence-corrected chi connectivity index (χ2v) is 7.08. The molecule has 1 aromatic heterocycles. The van der Waals surface area contributed by atoms with Gasteiger partial charge in [-0.3, -0.25) is 4.79 Å². The van der Waals surface area contributed by atoms with E-state index in [1.54, 1.807) is 6.20 Å². The standard InChI is InChI=1S/C18H27N3O/c1-13-6-9-20(10-7-13)18(22)16-4-5-17(19-12-16)21-11-8-14(2)15(21)3/h4-5,12-15H,6-11H2,1-3H3. The minimum Gasteiger partial charge on any atom is -0.354 e. The zero-order valence-corrected chi connectivity index (χ0v) is 14.0. The van der Waals surface area contributed by atoms with Crippen molar-refractivity contribution in [3.05, 3.63) is 23.9 Å². The first-order valence-corrected chi connectivity index (χ1v) is 8.58. The van der Waals surface area contributed by atoms with Crippen molar-refractivity contribution >= 4 is 11.7 Å². The lowest BCUT2D eigenvalue weighted by Gasteiger charge is -2.30. The lowest BCUT2D eigenvalue weighted by molar-refractivity contribution is 0.0697. The molecule has 2 unspecified atom stereocenters. The summed E-state index contributed by atoms with van der Waals surface area (Å²) in [4.78, 5) is 21.4. The van der Waals surface area contributed by atoms with Crippen LogP contribution in [0.5, 0.6) is 0 Å². The number of carbonyl (C=O) groups is 1. The van der Waals surface area contributed by atoms with Crippen LogP contribution in [-0.4, -0.2) is 41.5 Å². The van der Waals surface area contributed by atoms with Crippen LogP contribution >= 0.6 is 0 Å². The second kappa shape index (κ2) is 6.27. The average Bonchev–Trinajstić information content (AvgIpc) is 2.87. The Balaban J connectivity index is 1.67. The fraction of sp³-hybridized carbons (Fsp3) is 0.667. The van der Waals surface area contributed by atoms with Crippen molar-refractivity contribution in [1.82, 2.24) is 9.88 Å². The van der Waals surface area contributed by atoms with Crippen molar-refractivity contribution in [2.45, 2.75) is 46.1 Å². The quantitative estimate of drug-likeness (QED) is 0.842. The molecule has 0 N–H and O–H groups in total. The maximum Gasteiger partial charge on any atom is 0.255 e. The number of piperidine rings is 1. The van der Waals surface area contributed by atoms with Gasteiger partial charge in [-0.1, -0.05) is 13.8 Å². The molecule has 0 aliphatic carbocycles. The summed E-state index contributed by atoms with van der Waals surface area (Å²) < 4.78 is 0. The molecule has 3 rings (SSSR count). The van der Waals surface area contributed by atoms with Crippen molar-refractivity contribution in [2.75, 3.05) is 24.5 Å². The van der Waals surface area contributed by atoms with Crippen LogP contribution in [-0.2, 0) is 0 Å². The summed E-state index contributed by atoms with van der Waals surface area (Å²) in [6, 6.07) is 4.48. The molecule has 1 aromatic rings. The highest BCUT2D eigenvalue weighted by atomic mass is 16.2. The molecule has 0 aromatic carbocycles. The van der Waals surface area contributed by atoms with Crippen LogP contribution in [0.1, 0.15) is 50.4 Å². The van der Waals surface area contributed by atoms with Crippen LogP contribution in [0.4, 0.5) is 5.82 Å². The topological polar surface area (TPSA) is 36.4 Å². The molecular formula is C18H27N3O. The third-order valence-corrected chi connectivity index (χ3v) is 5.50. The average molecular weight is 301 g/mol. The van der Waals surface area contributed by atoms with Gasteiger partial charge in [0.2, 0.25) is 0 Å². The Bertz CT molecular complexity index is 520. The zero-order chi connectivity index (χ0) is 15.7. The van der Waals surface area contributed by atoms with Gasteiger partial charge < -0.3 is 9.80 Å². The Morgan fingerprint density at radius 2 is 1.82 bits per heavy atom. The van der Waals surface area contributed by atoms with Gasteiger partial charge in [0, 0.05) is 31.9 Å². The molecule has 0 radical (unpaired) electrons. The largest absolute Gasteiger partial charge is 0.354 e. The summed E-state index contributed by atoms with van der Waals surface area (Å²) in [5.41, 5.74) is 0.721. The molecule has 2 aliphatic rings. The number of hydrogen-bond acceptors (Lipinski definition) is 3. The SMILES string of the molecule is CC1CCN(C(=O)c2ccc(N3CCC(C)C3C)nc2)CC1. The highest BCUT2D eigenvalue weighted by Gasteiger charge is 2.28. The lowest BCUT2D eigenvalue weighted by Crippen LogP contribution is -2.38. The molecule has 4 nitrogen and oxygen atoms in total. The van der Waals surface area contributed by atoms with E-state index in [9.17, 15) is 4.79 Å². The molecule has 4 heteroatoms. The minimum absolute atomic E-state index is 0.133. The van der Waals surface area contributed by atoms with Crippen molar-refractivity contribution < 1.29 is 4.79 Å². The van der Waals surface area contributed by atoms with E-state index >= 15 is 0 Å². The molecule has 120 valence electrons. The van der Waals surface area contributed by atoms with Gasteiger partial charge in [-0.2, -0.15) is 0 Å². The number of amides is 1. The number of pyridine rings is 1. The minimum atomic E-state index is 0.133. The van der Waals surface area contributed by atoms with Crippen LogP contribution in [0.3, 0.4) is 0 Å². The number of nitrogens with zero attached hydrogens (tertiary/aromatic N) is 3. The Morgan fingerprint density at radius 3 is 2.36 bits per heavy atom. The van der Waals surface area contributed by atoms with E-state index in [1.165, 1.54) is 6.42 Å². The highest BCUT2D eigenvalue weighted by Crippen LogP contribution is 2.28. The van der Waals surface area contributed by atoms with Crippen LogP contribution in [0.2, 0.25) is 0 Å². The van der Waals surface area contributed by atoms with Gasteiger partial charge in [0.05, 0.1) is 5.56 Å². The van der Waals surface area contributed by atoms with E-state index in [0.717, 1.165) is 49.8 Å². The molecule has 2 saturated heterocycles. The smallest absolute Gasteiger partial charge is 0.255 e. The zero-order valence-electron chi connectivity index (χ0n) is 14.0. The van der Waals surface area contributed by atoms with Crippen molar-refractivity contribution in [1.29, 1.82) is 0 Å². The van der Waals surface area contributed by atoms with Gasteiger partial charge >= 0.3 is 0 Å². The number of anilines is 1. The summed E-state index contributed by atoms with van der Waals surface area (Å²) >= 11 is 0. The molecular weight excluding hydrogens is 274 g/mol. The molecule has 2 aliphatic heterocycles. The van der Waals surface area contributed by atoms with E-state index in [-0.39, 0.29) is 5.91 Å². The molecule has 0 saturated carbocycles. The molecule has 2 fully saturated rings. The summed E-state index contributed by atoms with van der Waals surface area (Å²) in [6.45, 7) is 9.63. The normalized spacial score (nSPS) is 26.5. The second-order valence-electron chi connectivity index (χ2n) is 7.08. The third kappa shape index (κ3) is 2.96. The number of rotatable bonds is 2. The van der Waals surface area contributed by atoms with Gasteiger partial charge in [0.25, 0.3) is 5.91 Å². The van der Waals surface area contributed by atoms with Crippen LogP contribution < -0.4 is 4.90 Å². The number of likely N-dealkylation sites (tertiary alicyclic amines) is 1. The van der Waals surface area contributed by atoms with Crippen molar-refractivity contribution in [3.63, 3.8) is 0 Å². The fourth-order valence-electron chi connectivity index (χ4n) is 3.49. The fourth-order valence-corrected chi connectivity index (χ4v) is 3.49. The molecule has 22 heavy (non-hydrogen) atoms. The Labute approximate surface area is 133 Å². The molecule has 2 atom stereocenters. The predicted molar refractivity (Wildman–Crippen MR) is 89.1 cm³/mol. The van der Waals surface area contributed by atoms with Gasteiger partial charge in [-0.05, 0) is 50.2 Å². The van der Waals surface area contributed by atoms with Gasteiger partial charge in [0.1, 0.15) is 5.82 Å². The van der Waals surface area contributed by atoms with Crippen LogP contribution in [0, 0.1) is 11.8 Å². The van der Waals surface area contributed by atoms with E-state index < -0.39 is 0 Å². The summed E-state index contributed by atoms with van der Waals surface area (Å²) in [7, 11) is 0. The predicted octanol–water partition coefficient (Wildman–Crippen LogP) is 3.19. The third-order valence-electron chi connectivity index (χ3n) is 5.50. The highest BCUT2D eigenvalue weighted by molar-refractivity contribution is 5.94. The monoisotopic (exact) mass is 301 g/mol. The first kappa shape index (κ1) is 15.3. The van der Waals surface area contributed by atoms with E-state index in [4.69, 9.17) is 0 Å². The van der Waals surface area contributed by atoms with Crippen molar-refractivity contribution in [2.24, 2.45) is 11.8 Å². The molecule has 3 heterocycles. The maximum absolute atomic E-state index is 12.5. The number of carbonyl (C=O) groups excluding carboxylic acids is 1. The Hall–Kier alpha value is -1.58. The first-order valence-electron chi connectivity index (χ1n) is 8.58. The Kier molecular flexibility index (Phi) is 4.37. The molecule has 1 amide bonds. The van der Waals surface area contributed by atoms with E-state index in [2.05, 4.69) is 30.7 Å². The van der Waals surface area contributed by atoms with Crippen LogP contribution in [0.25, 0.3) is 0 Å².